The van der Waals surface area contributed by atoms with Crippen LogP contribution in [-0.4, -0.2) is 70.2 Å². The molecule has 0 unspecified atom stereocenters. The molecule has 4 N–H and O–H groups in total. The lowest BCUT2D eigenvalue weighted by molar-refractivity contribution is -0.347. The second-order valence-electron chi connectivity index (χ2n) is 3.32. The lowest BCUT2D eigenvalue weighted by Gasteiger charge is -2.43. The summed E-state index contributed by atoms with van der Waals surface area (Å²) < 4.78 is 10.1. The fourth-order valence-electron chi connectivity index (χ4n) is 1.40. The van der Waals surface area contributed by atoms with E-state index in [1.165, 1.54) is 0 Å². The van der Waals surface area contributed by atoms with Crippen molar-refractivity contribution >= 4 is 11.6 Å². The molecule has 1 fully saturated rings. The second-order valence-corrected chi connectivity index (χ2v) is 3.70. The standard InChI is InChI=1S/C8H15ClO6/c9-1-2-14-8(4-10)7(13)6(12)5(11)3-15-8/h5-7,10-13H,1-4H2/t5-,6-,7-,8+/m0/s1. The van der Waals surface area contributed by atoms with Crippen LogP contribution in [0.1, 0.15) is 0 Å². The fourth-order valence-corrected chi connectivity index (χ4v) is 1.48. The van der Waals surface area contributed by atoms with E-state index in [4.69, 9.17) is 26.2 Å². The molecule has 1 heterocycles. The van der Waals surface area contributed by atoms with Gasteiger partial charge in [-0.1, -0.05) is 0 Å². The van der Waals surface area contributed by atoms with Crippen molar-refractivity contribution < 1.29 is 29.9 Å². The van der Waals surface area contributed by atoms with Crippen LogP contribution in [0.25, 0.3) is 0 Å². The molecule has 4 atom stereocenters. The highest BCUT2D eigenvalue weighted by Gasteiger charge is 2.50. The summed E-state index contributed by atoms with van der Waals surface area (Å²) >= 11 is 5.40. The lowest BCUT2D eigenvalue weighted by atomic mass is 9.97. The van der Waals surface area contributed by atoms with Gasteiger partial charge in [0.25, 0.3) is 0 Å². The number of rotatable bonds is 4. The quantitative estimate of drug-likeness (QED) is 0.428. The Morgan fingerprint density at radius 2 is 2.07 bits per heavy atom. The molecule has 0 aliphatic carbocycles. The molecule has 0 radical (unpaired) electrons. The molecule has 90 valence electrons. The molecule has 0 saturated carbocycles. The van der Waals surface area contributed by atoms with Gasteiger partial charge in [0.15, 0.2) is 0 Å². The molecule has 0 aromatic carbocycles. The van der Waals surface area contributed by atoms with E-state index < -0.39 is 30.7 Å². The third kappa shape index (κ3) is 2.59. The van der Waals surface area contributed by atoms with Crippen molar-refractivity contribution in [2.24, 2.45) is 0 Å². The maximum Gasteiger partial charge on any atom is 0.221 e. The highest BCUT2D eigenvalue weighted by atomic mass is 35.5. The number of aliphatic hydroxyl groups is 4. The minimum Gasteiger partial charge on any atom is -0.391 e. The highest BCUT2D eigenvalue weighted by molar-refractivity contribution is 6.17. The summed E-state index contributed by atoms with van der Waals surface area (Å²) in [5.74, 6) is -1.54. The highest BCUT2D eigenvalue weighted by Crippen LogP contribution is 2.27. The molecular formula is C8H15ClO6. The predicted molar refractivity (Wildman–Crippen MR) is 50.5 cm³/mol. The fraction of sp³-hybridized carbons (Fsp3) is 1.00. The van der Waals surface area contributed by atoms with Gasteiger partial charge < -0.3 is 29.9 Å². The summed E-state index contributed by atoms with van der Waals surface area (Å²) in [5, 5.41) is 37.3. The summed E-state index contributed by atoms with van der Waals surface area (Å²) in [6.07, 6.45) is -4.13. The summed E-state index contributed by atoms with van der Waals surface area (Å²) in [7, 11) is 0. The van der Waals surface area contributed by atoms with Crippen LogP contribution in [0.2, 0.25) is 0 Å². The SMILES string of the molecule is OC[C@@]1(OCCCl)OC[C@H](O)[C@H](O)[C@@H]1O. The Balaban J connectivity index is 2.71. The van der Waals surface area contributed by atoms with Crippen molar-refractivity contribution in [2.75, 3.05) is 25.7 Å². The third-order valence-electron chi connectivity index (χ3n) is 2.31. The van der Waals surface area contributed by atoms with E-state index in [1.807, 2.05) is 0 Å². The minimum absolute atomic E-state index is 0.0575. The zero-order valence-electron chi connectivity index (χ0n) is 8.04. The first kappa shape index (κ1) is 13.1. The molecule has 1 saturated heterocycles. The minimum atomic E-state index is -1.70. The van der Waals surface area contributed by atoms with Crippen molar-refractivity contribution in [2.45, 2.75) is 24.1 Å². The van der Waals surface area contributed by atoms with Crippen LogP contribution in [-0.2, 0) is 9.47 Å². The molecule has 0 aromatic heterocycles. The van der Waals surface area contributed by atoms with Gasteiger partial charge in [-0.15, -0.1) is 11.6 Å². The summed E-state index contributed by atoms with van der Waals surface area (Å²) in [6, 6.07) is 0. The largest absolute Gasteiger partial charge is 0.391 e. The van der Waals surface area contributed by atoms with Crippen LogP contribution in [0.5, 0.6) is 0 Å². The number of alkyl halides is 1. The smallest absolute Gasteiger partial charge is 0.221 e. The van der Waals surface area contributed by atoms with Gasteiger partial charge >= 0.3 is 0 Å². The Kier molecular flexibility index (Phi) is 4.72. The average Bonchev–Trinajstić information content (AvgIpc) is 2.26. The van der Waals surface area contributed by atoms with Gasteiger partial charge in [0, 0.05) is 5.88 Å². The van der Waals surface area contributed by atoms with Gasteiger partial charge in [0.2, 0.25) is 5.79 Å². The van der Waals surface area contributed by atoms with Gasteiger partial charge in [-0.3, -0.25) is 0 Å². The van der Waals surface area contributed by atoms with Crippen LogP contribution in [0.15, 0.2) is 0 Å². The number of halogens is 1. The van der Waals surface area contributed by atoms with Crippen molar-refractivity contribution in [1.82, 2.24) is 0 Å². The predicted octanol–water partition coefficient (Wildman–Crippen LogP) is -1.96. The summed E-state index contributed by atoms with van der Waals surface area (Å²) in [4.78, 5) is 0. The third-order valence-corrected chi connectivity index (χ3v) is 2.46. The van der Waals surface area contributed by atoms with Gasteiger partial charge in [-0.25, -0.2) is 0 Å². The van der Waals surface area contributed by atoms with Crippen LogP contribution in [0, 0.1) is 0 Å². The van der Waals surface area contributed by atoms with E-state index in [0.29, 0.717) is 0 Å². The number of hydrogen-bond acceptors (Lipinski definition) is 6. The van der Waals surface area contributed by atoms with Crippen molar-refractivity contribution in [3.63, 3.8) is 0 Å². The van der Waals surface area contributed by atoms with E-state index in [-0.39, 0.29) is 19.1 Å². The first-order valence-corrected chi connectivity index (χ1v) is 5.10. The molecule has 1 aliphatic rings. The monoisotopic (exact) mass is 242 g/mol. The summed E-state index contributed by atoms with van der Waals surface area (Å²) in [5.41, 5.74) is 0. The van der Waals surface area contributed by atoms with E-state index in [0.717, 1.165) is 0 Å². The number of hydrogen-bond donors (Lipinski definition) is 4. The van der Waals surface area contributed by atoms with E-state index in [1.54, 1.807) is 0 Å². The maximum atomic E-state index is 9.62. The number of aliphatic hydroxyl groups excluding tert-OH is 4. The molecule has 7 heteroatoms. The van der Waals surface area contributed by atoms with Crippen molar-refractivity contribution in [1.29, 1.82) is 0 Å². The molecule has 0 aromatic rings. The second kappa shape index (κ2) is 5.40. The van der Waals surface area contributed by atoms with E-state index in [2.05, 4.69) is 0 Å². The Hall–Kier alpha value is 0.0500. The molecule has 0 amide bonds. The molecule has 6 nitrogen and oxygen atoms in total. The van der Waals surface area contributed by atoms with Gasteiger partial charge in [0.1, 0.15) is 24.9 Å². The Bertz CT molecular complexity index is 200. The van der Waals surface area contributed by atoms with Gasteiger partial charge in [-0.2, -0.15) is 0 Å². The normalized spacial score (nSPS) is 41.8. The molecule has 1 aliphatic heterocycles. The first-order valence-electron chi connectivity index (χ1n) is 4.56. The Morgan fingerprint density at radius 3 is 2.60 bits per heavy atom. The molecule has 0 bridgehead atoms. The van der Waals surface area contributed by atoms with E-state index in [9.17, 15) is 15.3 Å². The lowest BCUT2D eigenvalue weighted by Crippen LogP contribution is -2.63. The van der Waals surface area contributed by atoms with Gasteiger partial charge in [0.05, 0.1) is 13.2 Å². The summed E-state index contributed by atoms with van der Waals surface area (Å²) in [6.45, 7) is -0.794. The Labute approximate surface area is 92.0 Å². The van der Waals surface area contributed by atoms with Crippen molar-refractivity contribution in [3.8, 4) is 0 Å². The molecule has 1 rings (SSSR count). The molecule has 0 spiro atoms. The van der Waals surface area contributed by atoms with Crippen molar-refractivity contribution in [3.05, 3.63) is 0 Å². The Morgan fingerprint density at radius 1 is 1.40 bits per heavy atom. The zero-order chi connectivity index (χ0) is 11.5. The zero-order valence-corrected chi connectivity index (χ0v) is 8.80. The first-order chi connectivity index (χ1) is 7.07. The molecular weight excluding hydrogens is 228 g/mol. The molecule has 15 heavy (non-hydrogen) atoms. The maximum absolute atomic E-state index is 9.62. The topological polar surface area (TPSA) is 99.4 Å². The van der Waals surface area contributed by atoms with Crippen LogP contribution < -0.4 is 0 Å². The van der Waals surface area contributed by atoms with E-state index >= 15 is 0 Å². The van der Waals surface area contributed by atoms with Gasteiger partial charge in [-0.05, 0) is 0 Å². The van der Waals surface area contributed by atoms with Crippen LogP contribution in [0.4, 0.5) is 0 Å². The van der Waals surface area contributed by atoms with Crippen LogP contribution in [0.3, 0.4) is 0 Å². The van der Waals surface area contributed by atoms with Crippen LogP contribution >= 0.6 is 11.6 Å². The number of ether oxygens (including phenoxy) is 2. The average molecular weight is 243 g/mol.